The van der Waals surface area contributed by atoms with Crippen LogP contribution in [0.15, 0.2) is 0 Å². The van der Waals surface area contributed by atoms with E-state index >= 15 is 0 Å². The quantitative estimate of drug-likeness (QED) is 0.637. The van der Waals surface area contributed by atoms with Crippen LogP contribution in [0.2, 0.25) is 0 Å². The number of rotatable bonds is 6. The summed E-state index contributed by atoms with van der Waals surface area (Å²) in [6.07, 6.45) is 0. The molecule has 0 atom stereocenters. The highest BCUT2D eigenvalue weighted by atomic mass is 32.2. The normalized spacial score (nSPS) is 12.3. The summed E-state index contributed by atoms with van der Waals surface area (Å²) < 4.78 is 0. The van der Waals surface area contributed by atoms with E-state index in [1.54, 1.807) is 27.7 Å². The second kappa shape index (κ2) is 5.54. The molecule has 6 heteroatoms. The van der Waals surface area contributed by atoms with Gasteiger partial charge in [-0.2, -0.15) is 0 Å². The number of nitrogens with one attached hydrogen (secondary N) is 1. The van der Waals surface area contributed by atoms with E-state index in [0.29, 0.717) is 0 Å². The molecule has 0 bridgehead atoms. The van der Waals surface area contributed by atoms with Gasteiger partial charge in [0.1, 0.15) is 0 Å². The van der Waals surface area contributed by atoms with Crippen molar-refractivity contribution in [2.24, 2.45) is 0 Å². The summed E-state index contributed by atoms with van der Waals surface area (Å²) in [5.41, 5.74) is -1.80. The van der Waals surface area contributed by atoms with Crippen LogP contribution < -0.4 is 5.32 Å². The molecule has 5 nitrogen and oxygen atoms in total. The number of hydrogen-bond acceptors (Lipinski definition) is 4. The molecule has 94 valence electrons. The fourth-order valence-corrected chi connectivity index (χ4v) is 1.30. The van der Waals surface area contributed by atoms with Crippen molar-refractivity contribution >= 4 is 23.6 Å². The van der Waals surface area contributed by atoms with Crippen molar-refractivity contribution in [1.29, 1.82) is 0 Å². The molecule has 0 aromatic heterocycles. The fourth-order valence-electron chi connectivity index (χ4n) is 0.769. The molecule has 0 rings (SSSR count). The fraction of sp³-hybridized carbons (Fsp3) is 0.800. The third-order valence-electron chi connectivity index (χ3n) is 2.44. The van der Waals surface area contributed by atoms with Gasteiger partial charge in [-0.3, -0.25) is 9.59 Å². The van der Waals surface area contributed by atoms with E-state index in [1.165, 1.54) is 0 Å². The Balaban J connectivity index is 4.10. The van der Waals surface area contributed by atoms with Gasteiger partial charge in [-0.1, -0.05) is 0 Å². The minimum Gasteiger partial charge on any atom is -0.481 e. The predicted octanol–water partition coefficient (Wildman–Crippen LogP) is 0.470. The van der Waals surface area contributed by atoms with Gasteiger partial charge in [0.25, 0.3) is 0 Å². The van der Waals surface area contributed by atoms with Gasteiger partial charge in [0.2, 0.25) is 5.91 Å². The number of hydrogen-bond donors (Lipinski definition) is 3. The molecule has 0 unspecified atom stereocenters. The van der Waals surface area contributed by atoms with Crippen LogP contribution in [-0.4, -0.2) is 44.7 Å². The third kappa shape index (κ3) is 5.37. The molecule has 0 heterocycles. The van der Waals surface area contributed by atoms with Gasteiger partial charge in [0, 0.05) is 0 Å². The average molecular weight is 249 g/mol. The van der Waals surface area contributed by atoms with E-state index in [4.69, 9.17) is 5.11 Å². The number of aliphatic carboxylic acids is 1. The lowest BCUT2D eigenvalue weighted by atomic mass is 9.86. The Morgan fingerprint density at radius 3 is 2.06 bits per heavy atom. The number of carboxylic acid groups (broad SMARTS) is 1. The van der Waals surface area contributed by atoms with Crippen LogP contribution in [0.25, 0.3) is 0 Å². The zero-order chi connectivity index (χ0) is 13.0. The van der Waals surface area contributed by atoms with Gasteiger partial charge >= 0.3 is 5.97 Å². The summed E-state index contributed by atoms with van der Waals surface area (Å²) in [5.74, 6) is -1.25. The first-order chi connectivity index (χ1) is 7.06. The maximum Gasteiger partial charge on any atom is 0.313 e. The second-order valence-corrected chi connectivity index (χ2v) is 5.60. The van der Waals surface area contributed by atoms with Crippen LogP contribution >= 0.6 is 11.8 Å². The third-order valence-corrected chi connectivity index (χ3v) is 3.36. The van der Waals surface area contributed by atoms with Crippen molar-refractivity contribution < 1.29 is 19.8 Å². The first-order valence-electron chi connectivity index (χ1n) is 4.89. The molecule has 0 spiro atoms. The summed E-state index contributed by atoms with van der Waals surface area (Å²) in [6.45, 7) is 6.65. The number of aliphatic hydroxyl groups is 1. The van der Waals surface area contributed by atoms with Crippen LogP contribution in [-0.2, 0) is 9.59 Å². The molecule has 0 saturated carbocycles. The van der Waals surface area contributed by atoms with Crippen molar-refractivity contribution in [3.8, 4) is 0 Å². The molecule has 1 amide bonds. The molecule has 0 radical (unpaired) electrons. The van der Waals surface area contributed by atoms with E-state index in [1.807, 2.05) is 0 Å². The standard InChI is InChI=1S/C10H19NO4S/c1-9(2,10(3,4)15)11-7(12)5-16-6-8(13)14/h15H,5-6H2,1-4H3,(H,11,12)(H,13,14). The first-order valence-corrected chi connectivity index (χ1v) is 6.04. The van der Waals surface area contributed by atoms with Gasteiger partial charge in [0.15, 0.2) is 0 Å². The molecule has 3 N–H and O–H groups in total. The summed E-state index contributed by atoms with van der Waals surface area (Å²) in [5, 5.41) is 20.9. The maximum atomic E-state index is 11.5. The van der Waals surface area contributed by atoms with Crippen molar-refractivity contribution in [1.82, 2.24) is 5.32 Å². The zero-order valence-corrected chi connectivity index (χ0v) is 10.8. The van der Waals surface area contributed by atoms with Gasteiger partial charge in [-0.15, -0.1) is 11.8 Å². The maximum absolute atomic E-state index is 11.5. The van der Waals surface area contributed by atoms with Crippen LogP contribution in [0.3, 0.4) is 0 Å². The predicted molar refractivity (Wildman–Crippen MR) is 63.5 cm³/mol. The lowest BCUT2D eigenvalue weighted by molar-refractivity contribution is -0.133. The molecule has 0 aromatic carbocycles. The highest BCUT2D eigenvalue weighted by Gasteiger charge is 2.36. The van der Waals surface area contributed by atoms with E-state index in [-0.39, 0.29) is 17.4 Å². The molecule has 0 fully saturated rings. The average Bonchev–Trinajstić information content (AvgIpc) is 1.99. The molecule has 0 aliphatic carbocycles. The van der Waals surface area contributed by atoms with Gasteiger partial charge in [-0.05, 0) is 27.7 Å². The smallest absolute Gasteiger partial charge is 0.313 e. The number of thioether (sulfide) groups is 1. The summed E-state index contributed by atoms with van der Waals surface area (Å²) in [4.78, 5) is 21.7. The minimum absolute atomic E-state index is 0.0752. The van der Waals surface area contributed by atoms with E-state index in [0.717, 1.165) is 11.8 Å². The Bertz CT molecular complexity index is 270. The van der Waals surface area contributed by atoms with Crippen molar-refractivity contribution in [3.05, 3.63) is 0 Å². The van der Waals surface area contributed by atoms with E-state index in [9.17, 15) is 14.7 Å². The first kappa shape index (κ1) is 15.2. The minimum atomic E-state index is -1.04. The van der Waals surface area contributed by atoms with Crippen LogP contribution in [0.1, 0.15) is 27.7 Å². The monoisotopic (exact) mass is 249 g/mol. The lowest BCUT2D eigenvalue weighted by Gasteiger charge is -2.37. The molecule has 0 aliphatic heterocycles. The Labute approximate surface area is 99.6 Å². The van der Waals surface area contributed by atoms with Gasteiger partial charge in [0.05, 0.1) is 22.6 Å². The molecule has 0 saturated heterocycles. The Hall–Kier alpha value is -0.750. The number of carbonyl (C=O) groups is 2. The largest absolute Gasteiger partial charge is 0.481 e. The van der Waals surface area contributed by atoms with Crippen LogP contribution in [0, 0.1) is 0 Å². The lowest BCUT2D eigenvalue weighted by Crippen LogP contribution is -2.58. The molecular formula is C10H19NO4S. The number of amides is 1. The number of carbonyl (C=O) groups excluding carboxylic acids is 1. The van der Waals surface area contributed by atoms with E-state index in [2.05, 4.69) is 5.32 Å². The van der Waals surface area contributed by atoms with Crippen molar-refractivity contribution in [2.45, 2.75) is 38.8 Å². The molecular weight excluding hydrogens is 230 g/mol. The number of carboxylic acids is 1. The summed E-state index contributed by atoms with van der Waals surface area (Å²) >= 11 is 1.03. The second-order valence-electron chi connectivity index (χ2n) is 4.62. The van der Waals surface area contributed by atoms with Crippen LogP contribution in [0.4, 0.5) is 0 Å². The Morgan fingerprint density at radius 2 is 1.69 bits per heavy atom. The topological polar surface area (TPSA) is 86.6 Å². The highest BCUT2D eigenvalue weighted by molar-refractivity contribution is 8.00. The van der Waals surface area contributed by atoms with Crippen molar-refractivity contribution in [3.63, 3.8) is 0 Å². The van der Waals surface area contributed by atoms with Gasteiger partial charge in [-0.25, -0.2) is 0 Å². The summed E-state index contributed by atoms with van der Waals surface area (Å²) in [7, 11) is 0. The van der Waals surface area contributed by atoms with Gasteiger partial charge < -0.3 is 15.5 Å². The van der Waals surface area contributed by atoms with Crippen LogP contribution in [0.5, 0.6) is 0 Å². The molecule has 0 aromatic rings. The van der Waals surface area contributed by atoms with E-state index < -0.39 is 17.1 Å². The zero-order valence-electron chi connectivity index (χ0n) is 10.0. The summed E-state index contributed by atoms with van der Waals surface area (Å²) in [6, 6.07) is 0. The Morgan fingerprint density at radius 1 is 1.19 bits per heavy atom. The molecule has 0 aliphatic rings. The molecule has 16 heavy (non-hydrogen) atoms. The van der Waals surface area contributed by atoms with Crippen molar-refractivity contribution in [2.75, 3.05) is 11.5 Å². The SMILES string of the molecule is CC(C)(O)C(C)(C)NC(=O)CSCC(=O)O. The highest BCUT2D eigenvalue weighted by Crippen LogP contribution is 2.20. The Kier molecular flexibility index (Phi) is 5.28.